The van der Waals surface area contributed by atoms with Crippen molar-refractivity contribution >= 4 is 29.2 Å². The van der Waals surface area contributed by atoms with Crippen molar-refractivity contribution in [1.82, 2.24) is 15.4 Å². The van der Waals surface area contributed by atoms with Crippen molar-refractivity contribution < 1.29 is 28.1 Å². The fourth-order valence-corrected chi connectivity index (χ4v) is 6.05. The molecule has 11 heteroatoms. The first kappa shape index (κ1) is 29.6. The summed E-state index contributed by atoms with van der Waals surface area (Å²) < 4.78 is 18.6. The van der Waals surface area contributed by atoms with Gasteiger partial charge in [-0.1, -0.05) is 49.3 Å². The van der Waals surface area contributed by atoms with Crippen molar-refractivity contribution in [2.24, 2.45) is 11.8 Å². The minimum absolute atomic E-state index is 0.0170. The van der Waals surface area contributed by atoms with Crippen LogP contribution < -0.4 is 10.6 Å². The highest BCUT2D eigenvalue weighted by Gasteiger charge is 2.56. The lowest BCUT2D eigenvalue weighted by molar-refractivity contribution is -0.138. The number of hydrogen-bond donors (Lipinski definition) is 2. The number of fused-ring (bicyclic) bond motifs is 2. The number of benzene rings is 2. The maximum absolute atomic E-state index is 14.2. The number of rotatable bonds is 9. The number of halogens is 1. The molecule has 2 aromatic carbocycles. The molecule has 0 aliphatic carbocycles. The van der Waals surface area contributed by atoms with Gasteiger partial charge >= 0.3 is 0 Å². The van der Waals surface area contributed by atoms with Crippen LogP contribution in [0.4, 0.5) is 10.1 Å². The topological polar surface area (TPSA) is 145 Å². The van der Waals surface area contributed by atoms with Crippen LogP contribution in [0.25, 0.3) is 0 Å². The normalized spacial score (nSPS) is 20.4. The molecule has 0 bridgehead atoms. The Morgan fingerprint density at radius 2 is 1.93 bits per heavy atom. The summed E-state index contributed by atoms with van der Waals surface area (Å²) in [7, 11) is 0. The van der Waals surface area contributed by atoms with Crippen molar-refractivity contribution in [2.75, 3.05) is 11.9 Å². The third kappa shape index (κ3) is 5.78. The van der Waals surface area contributed by atoms with Crippen molar-refractivity contribution in [3.05, 3.63) is 83.0 Å². The van der Waals surface area contributed by atoms with Crippen LogP contribution in [0, 0.1) is 35.9 Å². The number of amides is 3. The van der Waals surface area contributed by atoms with Gasteiger partial charge in [-0.05, 0) is 48.6 Å². The van der Waals surface area contributed by atoms with Crippen LogP contribution in [0.15, 0.2) is 59.1 Å². The van der Waals surface area contributed by atoms with Gasteiger partial charge in [0.2, 0.25) is 11.8 Å². The first-order chi connectivity index (χ1) is 20.5. The first-order valence-corrected chi connectivity index (χ1v) is 14.1. The lowest BCUT2D eigenvalue weighted by Crippen LogP contribution is -2.47. The lowest BCUT2D eigenvalue weighted by Gasteiger charge is -2.28. The molecule has 4 atom stereocenters. The van der Waals surface area contributed by atoms with Crippen LogP contribution in [-0.4, -0.2) is 52.2 Å². The molecule has 2 aliphatic rings. The Kier molecular flexibility index (Phi) is 8.13. The van der Waals surface area contributed by atoms with Crippen molar-refractivity contribution in [1.29, 1.82) is 5.26 Å². The predicted molar refractivity (Wildman–Crippen MR) is 153 cm³/mol. The van der Waals surface area contributed by atoms with E-state index in [1.165, 1.54) is 23.1 Å². The summed E-state index contributed by atoms with van der Waals surface area (Å²) in [6, 6.07) is 14.7. The summed E-state index contributed by atoms with van der Waals surface area (Å²) >= 11 is 0. The molecule has 1 fully saturated rings. The quantitative estimate of drug-likeness (QED) is 0.389. The molecule has 10 nitrogen and oxygen atoms in total. The largest absolute Gasteiger partial charge is 0.361 e. The zero-order valence-corrected chi connectivity index (χ0v) is 24.1. The molecule has 1 saturated heterocycles. The Balaban J connectivity index is 1.42. The van der Waals surface area contributed by atoms with Gasteiger partial charge in [0, 0.05) is 37.1 Å². The van der Waals surface area contributed by atoms with E-state index in [4.69, 9.17) is 4.52 Å². The van der Waals surface area contributed by atoms with Crippen LogP contribution in [0.5, 0.6) is 0 Å². The zero-order valence-electron chi connectivity index (χ0n) is 24.1. The highest BCUT2D eigenvalue weighted by molar-refractivity contribution is 6.07. The molecule has 1 aromatic heterocycles. The Morgan fingerprint density at radius 1 is 1.21 bits per heavy atom. The fourth-order valence-electron chi connectivity index (χ4n) is 6.05. The summed E-state index contributed by atoms with van der Waals surface area (Å²) in [5.74, 6) is -2.94. The van der Waals surface area contributed by atoms with E-state index in [0.717, 1.165) is 5.56 Å². The zero-order chi connectivity index (χ0) is 30.9. The highest BCUT2D eigenvalue weighted by Crippen LogP contribution is 2.46. The van der Waals surface area contributed by atoms with Crippen molar-refractivity contribution in [3.8, 4) is 6.07 Å². The van der Waals surface area contributed by atoms with E-state index in [0.29, 0.717) is 17.0 Å². The average Bonchev–Trinajstić information content (AvgIpc) is 3.67. The van der Waals surface area contributed by atoms with Gasteiger partial charge in [-0.25, -0.2) is 4.39 Å². The van der Waals surface area contributed by atoms with Gasteiger partial charge in [-0.2, -0.15) is 5.26 Å². The van der Waals surface area contributed by atoms with E-state index in [2.05, 4.69) is 21.9 Å². The number of nitrogens with one attached hydrogen (secondary N) is 2. The number of Topliss-reactive ketones (excluding diaryl/α,β-unsaturated/α-hetero) is 1. The Labute approximate surface area is 248 Å². The van der Waals surface area contributed by atoms with Gasteiger partial charge in [0.05, 0.1) is 17.5 Å². The molecule has 1 spiro atoms. The molecular weight excluding hydrogens is 553 g/mol. The molecule has 5 rings (SSSR count). The van der Waals surface area contributed by atoms with Gasteiger partial charge in [-0.15, -0.1) is 0 Å². The molecule has 3 heterocycles. The van der Waals surface area contributed by atoms with Gasteiger partial charge in [0.15, 0.2) is 11.5 Å². The molecule has 3 amide bonds. The second-order valence-corrected chi connectivity index (χ2v) is 11.6. The monoisotopic (exact) mass is 585 g/mol. The third-order valence-corrected chi connectivity index (χ3v) is 8.27. The second kappa shape index (κ2) is 11.8. The van der Waals surface area contributed by atoms with Crippen LogP contribution in [0.3, 0.4) is 0 Å². The van der Waals surface area contributed by atoms with Crippen molar-refractivity contribution in [2.45, 2.75) is 57.5 Å². The van der Waals surface area contributed by atoms with Crippen LogP contribution in [0.2, 0.25) is 0 Å². The minimum atomic E-state index is -1.08. The molecule has 43 heavy (non-hydrogen) atoms. The number of carbonyl (C=O) groups is 4. The van der Waals surface area contributed by atoms with Gasteiger partial charge in [-0.3, -0.25) is 19.2 Å². The van der Waals surface area contributed by atoms with E-state index in [-0.39, 0.29) is 49.1 Å². The summed E-state index contributed by atoms with van der Waals surface area (Å²) in [5, 5.41) is 19.4. The summed E-state index contributed by atoms with van der Waals surface area (Å²) in [5.41, 5.74) is 0.953. The second-order valence-electron chi connectivity index (χ2n) is 11.6. The number of nitriles is 1. The number of likely N-dealkylation sites (tertiary alicyclic amines) is 1. The molecular formula is C32H32FN5O5. The molecule has 222 valence electrons. The average molecular weight is 586 g/mol. The minimum Gasteiger partial charge on any atom is -0.361 e. The number of nitrogens with zero attached hydrogens (tertiary/aromatic N) is 3. The molecule has 2 N–H and O–H groups in total. The number of aryl methyl sites for hydroxylation is 1. The standard InChI is InChI=1S/C32H32FN5O5/c1-18(2)28(36-29(40)26-12-19(3)43-37-26)27(39)14-21(13-20-8-10-22(33)11-9-20)30(41)38-17-32(15-23(38)16-34)24-6-4-5-7-25(24)35-31(32)42/h4-12,18,21,23,28H,13-15,17H2,1-3H3,(H,35,42)(H,36,40)/t21-,23+,28+,32+/m1/s1. The van der Waals surface area contributed by atoms with E-state index in [1.54, 1.807) is 45.0 Å². The summed E-state index contributed by atoms with van der Waals surface area (Å²) in [6.07, 6.45) is -0.0325. The number of aromatic nitrogens is 1. The van der Waals surface area contributed by atoms with E-state index < -0.39 is 41.0 Å². The highest BCUT2D eigenvalue weighted by atomic mass is 19.1. The Hall–Kier alpha value is -4.85. The molecule has 0 radical (unpaired) electrons. The van der Waals surface area contributed by atoms with E-state index >= 15 is 0 Å². The predicted octanol–water partition coefficient (Wildman–Crippen LogP) is 3.71. The number of carbonyl (C=O) groups excluding carboxylic acids is 4. The number of hydrogen-bond acceptors (Lipinski definition) is 7. The fraction of sp³-hybridized carbons (Fsp3) is 0.375. The van der Waals surface area contributed by atoms with Crippen LogP contribution in [-0.2, 0) is 26.2 Å². The van der Waals surface area contributed by atoms with Gasteiger partial charge < -0.3 is 20.1 Å². The smallest absolute Gasteiger partial charge is 0.274 e. The van der Waals surface area contributed by atoms with Crippen molar-refractivity contribution in [3.63, 3.8) is 0 Å². The summed E-state index contributed by atoms with van der Waals surface area (Å²) in [4.78, 5) is 55.4. The van der Waals surface area contributed by atoms with E-state index in [1.807, 2.05) is 12.1 Å². The maximum Gasteiger partial charge on any atom is 0.274 e. The maximum atomic E-state index is 14.2. The molecule has 0 saturated carbocycles. The number of ketones is 1. The Bertz CT molecular complexity index is 1610. The Morgan fingerprint density at radius 3 is 2.58 bits per heavy atom. The van der Waals surface area contributed by atoms with Crippen LogP contribution >= 0.6 is 0 Å². The van der Waals surface area contributed by atoms with Gasteiger partial charge in [0.1, 0.15) is 17.6 Å². The lowest BCUT2D eigenvalue weighted by atomic mass is 9.80. The molecule has 0 unspecified atom stereocenters. The summed E-state index contributed by atoms with van der Waals surface area (Å²) in [6.45, 7) is 5.18. The SMILES string of the molecule is Cc1cc(C(=O)N[C@H](C(=O)C[C@@H](Cc2ccc(F)cc2)C(=O)N2C[C@]3(C[C@H]2C#N)C(=O)Nc2ccccc23)C(C)C)no1. The number of para-hydroxylation sites is 1. The number of anilines is 1. The third-order valence-electron chi connectivity index (χ3n) is 8.27. The van der Waals surface area contributed by atoms with Crippen LogP contribution in [0.1, 0.15) is 54.1 Å². The van der Waals surface area contributed by atoms with E-state index in [9.17, 15) is 28.8 Å². The first-order valence-electron chi connectivity index (χ1n) is 14.1. The van der Waals surface area contributed by atoms with Gasteiger partial charge in [0.25, 0.3) is 5.91 Å². The molecule has 3 aromatic rings. The molecule has 2 aliphatic heterocycles.